The van der Waals surface area contributed by atoms with Gasteiger partial charge in [-0.15, -0.1) is 4.91 Å². The predicted octanol–water partition coefficient (Wildman–Crippen LogP) is 2.13. The molecule has 3 nitrogen and oxygen atoms in total. The minimum absolute atomic E-state index is 0.449. The molecule has 0 spiro atoms. The van der Waals surface area contributed by atoms with Gasteiger partial charge in [-0.25, -0.2) is 0 Å². The van der Waals surface area contributed by atoms with Gasteiger partial charge in [0, 0.05) is 7.05 Å². The summed E-state index contributed by atoms with van der Waals surface area (Å²) in [5, 5.41) is 5.68. The van der Waals surface area contributed by atoms with Crippen LogP contribution in [0, 0.1) is 4.91 Å². The Kier molecular flexibility index (Phi) is 1.99. The zero-order valence-corrected chi connectivity index (χ0v) is 5.66. The van der Waals surface area contributed by atoms with Crippen molar-refractivity contribution in [3.8, 4) is 0 Å². The van der Waals surface area contributed by atoms with Gasteiger partial charge in [0.2, 0.25) is 0 Å². The largest absolute Gasteiger partial charge is 0.386 e. The van der Waals surface area contributed by atoms with Crippen molar-refractivity contribution >= 4 is 11.4 Å². The smallest absolute Gasteiger partial charge is 0.131 e. The van der Waals surface area contributed by atoms with Gasteiger partial charge in [-0.3, -0.25) is 0 Å². The molecule has 52 valence electrons. The molecule has 1 aromatic carbocycles. The number of nitroso groups, excluding NO2 is 1. The van der Waals surface area contributed by atoms with Crippen molar-refractivity contribution in [3.05, 3.63) is 29.2 Å². The summed E-state index contributed by atoms with van der Waals surface area (Å²) in [4.78, 5) is 10.1. The molecule has 0 bridgehead atoms. The molecule has 1 aromatic rings. The molecule has 0 amide bonds. The molecule has 1 N–H and O–H groups in total. The molecule has 0 radical (unpaired) electrons. The van der Waals surface area contributed by atoms with Gasteiger partial charge in [0.25, 0.3) is 0 Å². The first kappa shape index (κ1) is 6.74. The van der Waals surface area contributed by atoms with E-state index in [1.54, 1.807) is 25.2 Å². The zero-order chi connectivity index (χ0) is 7.40. The summed E-state index contributed by atoms with van der Waals surface area (Å²) in [6.45, 7) is 0. The van der Waals surface area contributed by atoms with Gasteiger partial charge >= 0.3 is 0 Å². The number of para-hydroxylation sites is 1. The van der Waals surface area contributed by atoms with Crippen molar-refractivity contribution in [1.82, 2.24) is 0 Å². The first-order valence-electron chi connectivity index (χ1n) is 2.98. The highest BCUT2D eigenvalue weighted by molar-refractivity contribution is 5.64. The Labute approximate surface area is 59.0 Å². The van der Waals surface area contributed by atoms with Crippen LogP contribution in [0.25, 0.3) is 0 Å². The average molecular weight is 136 g/mol. The highest BCUT2D eigenvalue weighted by Gasteiger charge is 1.95. The number of hydrogen-bond acceptors (Lipinski definition) is 3. The van der Waals surface area contributed by atoms with Crippen LogP contribution in [0.3, 0.4) is 0 Å². The minimum Gasteiger partial charge on any atom is -0.386 e. The zero-order valence-electron chi connectivity index (χ0n) is 5.66. The van der Waals surface area contributed by atoms with E-state index in [1.165, 1.54) is 0 Å². The SMILES string of the molecule is CNc1ccccc1N=O. The van der Waals surface area contributed by atoms with E-state index in [1.807, 2.05) is 6.07 Å². The third kappa shape index (κ3) is 1.13. The molecule has 0 saturated carbocycles. The lowest BCUT2D eigenvalue weighted by Crippen LogP contribution is -1.86. The van der Waals surface area contributed by atoms with Crippen molar-refractivity contribution in [1.29, 1.82) is 0 Å². The molecule has 0 aliphatic rings. The maximum atomic E-state index is 10.1. The van der Waals surface area contributed by atoms with Crippen molar-refractivity contribution < 1.29 is 0 Å². The molecule has 3 heteroatoms. The van der Waals surface area contributed by atoms with Crippen molar-refractivity contribution in [2.75, 3.05) is 12.4 Å². The van der Waals surface area contributed by atoms with Crippen LogP contribution in [0.5, 0.6) is 0 Å². The fourth-order valence-electron chi connectivity index (χ4n) is 0.765. The molecule has 0 aliphatic carbocycles. The summed E-state index contributed by atoms with van der Waals surface area (Å²) in [6.07, 6.45) is 0. The van der Waals surface area contributed by atoms with Gasteiger partial charge in [0.1, 0.15) is 5.69 Å². The van der Waals surface area contributed by atoms with Gasteiger partial charge in [0.15, 0.2) is 0 Å². The summed E-state index contributed by atoms with van der Waals surface area (Å²) in [6, 6.07) is 7.09. The summed E-state index contributed by atoms with van der Waals surface area (Å²) in [5.41, 5.74) is 1.21. The Morgan fingerprint density at radius 3 is 2.60 bits per heavy atom. The van der Waals surface area contributed by atoms with E-state index in [4.69, 9.17) is 0 Å². The number of nitrogens with one attached hydrogen (secondary N) is 1. The fourth-order valence-corrected chi connectivity index (χ4v) is 0.765. The van der Waals surface area contributed by atoms with E-state index in [2.05, 4.69) is 10.5 Å². The summed E-state index contributed by atoms with van der Waals surface area (Å²) in [7, 11) is 1.75. The van der Waals surface area contributed by atoms with Crippen LogP contribution >= 0.6 is 0 Å². The highest BCUT2D eigenvalue weighted by Crippen LogP contribution is 2.22. The Balaban J connectivity index is 3.08. The van der Waals surface area contributed by atoms with Crippen LogP contribution < -0.4 is 5.32 Å². The van der Waals surface area contributed by atoms with Crippen molar-refractivity contribution in [2.45, 2.75) is 0 Å². The highest BCUT2D eigenvalue weighted by atomic mass is 16.3. The summed E-state index contributed by atoms with van der Waals surface area (Å²) >= 11 is 0. The molecular formula is C7H8N2O. The lowest BCUT2D eigenvalue weighted by molar-refractivity contribution is 1.44. The quantitative estimate of drug-likeness (QED) is 0.632. The van der Waals surface area contributed by atoms with Gasteiger partial charge in [0.05, 0.1) is 5.69 Å². The van der Waals surface area contributed by atoms with Crippen molar-refractivity contribution in [3.63, 3.8) is 0 Å². The number of nitrogens with zero attached hydrogens (tertiary/aromatic N) is 1. The molecule has 0 atom stereocenters. The van der Waals surface area contributed by atoms with Crippen LogP contribution in [-0.2, 0) is 0 Å². The molecule has 10 heavy (non-hydrogen) atoms. The topological polar surface area (TPSA) is 41.5 Å². The third-order valence-electron chi connectivity index (χ3n) is 1.27. The van der Waals surface area contributed by atoms with E-state index in [9.17, 15) is 4.91 Å². The maximum absolute atomic E-state index is 10.1. The van der Waals surface area contributed by atoms with E-state index in [-0.39, 0.29) is 0 Å². The monoisotopic (exact) mass is 136 g/mol. The van der Waals surface area contributed by atoms with Gasteiger partial charge in [-0.05, 0) is 17.3 Å². The van der Waals surface area contributed by atoms with E-state index in [0.29, 0.717) is 5.69 Å². The second-order valence-electron chi connectivity index (χ2n) is 1.86. The Morgan fingerprint density at radius 1 is 1.40 bits per heavy atom. The van der Waals surface area contributed by atoms with Gasteiger partial charge in [-0.1, -0.05) is 12.1 Å². The first-order valence-corrected chi connectivity index (χ1v) is 2.98. The Morgan fingerprint density at radius 2 is 2.10 bits per heavy atom. The lowest BCUT2D eigenvalue weighted by atomic mass is 10.3. The number of anilines is 1. The van der Waals surface area contributed by atoms with Crippen LogP contribution in [0.4, 0.5) is 11.4 Å². The molecule has 0 aliphatic heterocycles. The predicted molar refractivity (Wildman–Crippen MR) is 41.4 cm³/mol. The van der Waals surface area contributed by atoms with E-state index in [0.717, 1.165) is 5.69 Å². The number of hydrogen-bond donors (Lipinski definition) is 1. The number of benzene rings is 1. The van der Waals surface area contributed by atoms with Gasteiger partial charge in [-0.2, -0.15) is 0 Å². The fraction of sp³-hybridized carbons (Fsp3) is 0.143. The number of rotatable bonds is 2. The van der Waals surface area contributed by atoms with E-state index < -0.39 is 0 Å². The minimum atomic E-state index is 0.449. The van der Waals surface area contributed by atoms with Crippen LogP contribution in [0.15, 0.2) is 29.4 Å². The van der Waals surface area contributed by atoms with E-state index >= 15 is 0 Å². The summed E-state index contributed by atoms with van der Waals surface area (Å²) < 4.78 is 0. The lowest BCUT2D eigenvalue weighted by Gasteiger charge is -1.99. The normalized spacial score (nSPS) is 8.90. The Hall–Kier alpha value is -1.38. The summed E-state index contributed by atoms with van der Waals surface area (Å²) in [5.74, 6) is 0. The molecule has 0 aromatic heterocycles. The average Bonchev–Trinajstić information content (AvgIpc) is 2.04. The second-order valence-corrected chi connectivity index (χ2v) is 1.86. The molecule has 0 unspecified atom stereocenters. The standard InChI is InChI=1S/C7H8N2O/c1-8-6-4-2-3-5-7(6)9-10/h2-5,8H,1H3. The van der Waals surface area contributed by atoms with Crippen LogP contribution in [0.1, 0.15) is 0 Å². The first-order chi connectivity index (χ1) is 4.88. The molecule has 0 fully saturated rings. The van der Waals surface area contributed by atoms with Crippen molar-refractivity contribution in [2.24, 2.45) is 5.18 Å². The third-order valence-corrected chi connectivity index (χ3v) is 1.27. The molecular weight excluding hydrogens is 128 g/mol. The van der Waals surface area contributed by atoms with Crippen LogP contribution in [-0.4, -0.2) is 7.05 Å². The second kappa shape index (κ2) is 2.96. The van der Waals surface area contributed by atoms with Crippen LogP contribution in [0.2, 0.25) is 0 Å². The molecule has 0 saturated heterocycles. The maximum Gasteiger partial charge on any atom is 0.131 e. The molecule has 1 rings (SSSR count). The Bertz CT molecular complexity index is 235. The molecule has 0 heterocycles. The van der Waals surface area contributed by atoms with Gasteiger partial charge < -0.3 is 5.32 Å².